The third kappa shape index (κ3) is 4.13. The van der Waals surface area contributed by atoms with Crippen molar-refractivity contribution >= 4 is 29.1 Å². The first-order valence-corrected chi connectivity index (χ1v) is 7.07. The minimum Gasteiger partial charge on any atom is -0.348 e. The lowest BCUT2D eigenvalue weighted by Crippen LogP contribution is -2.38. The quantitative estimate of drug-likeness (QED) is 0.901. The Morgan fingerprint density at radius 1 is 1.30 bits per heavy atom. The largest absolute Gasteiger partial charge is 0.348 e. The van der Waals surface area contributed by atoms with E-state index in [0.29, 0.717) is 10.0 Å². The van der Waals surface area contributed by atoms with Gasteiger partial charge in [0.15, 0.2) is 0 Å². The third-order valence-corrected chi connectivity index (χ3v) is 3.80. The van der Waals surface area contributed by atoms with Crippen LogP contribution in [0.15, 0.2) is 18.2 Å². The van der Waals surface area contributed by atoms with Crippen LogP contribution in [-0.2, 0) is 4.79 Å². The monoisotopic (exact) mass is 312 g/mol. The maximum atomic E-state index is 12.2. The molecule has 0 bridgehead atoms. The number of benzene rings is 1. The van der Waals surface area contributed by atoms with E-state index in [0.717, 1.165) is 5.56 Å². The van der Waals surface area contributed by atoms with Crippen LogP contribution in [0.3, 0.4) is 0 Å². The number of halogens is 2. The molecular formula is C15H18Cl2N2O. The van der Waals surface area contributed by atoms with Crippen molar-refractivity contribution in [1.29, 1.82) is 5.26 Å². The van der Waals surface area contributed by atoms with Crippen LogP contribution in [0.25, 0.3) is 0 Å². The number of nitrogens with one attached hydrogen (secondary N) is 1. The first kappa shape index (κ1) is 16.8. The number of nitrogens with zero attached hydrogens (tertiary/aromatic N) is 1. The molecule has 1 N–H and O–H groups in total. The van der Waals surface area contributed by atoms with Gasteiger partial charge in [-0.05, 0) is 30.0 Å². The van der Waals surface area contributed by atoms with Crippen molar-refractivity contribution in [2.75, 3.05) is 0 Å². The Bertz CT molecular complexity index is 544. The fourth-order valence-electron chi connectivity index (χ4n) is 1.81. The molecule has 0 fully saturated rings. The number of hydrogen-bond acceptors (Lipinski definition) is 2. The summed E-state index contributed by atoms with van der Waals surface area (Å²) in [5.74, 6) is -0.980. The second-order valence-corrected chi connectivity index (χ2v) is 6.65. The number of carbonyl (C=O) groups is 1. The second kappa shape index (κ2) is 6.47. The van der Waals surface area contributed by atoms with Crippen LogP contribution < -0.4 is 5.32 Å². The molecule has 0 aliphatic rings. The predicted molar refractivity (Wildman–Crippen MR) is 81.6 cm³/mol. The molecule has 0 radical (unpaired) electrons. The van der Waals surface area contributed by atoms with Crippen LogP contribution in [0.1, 0.15) is 39.3 Å². The summed E-state index contributed by atoms with van der Waals surface area (Å²) in [6.45, 7) is 7.44. The molecule has 3 nitrogen and oxygen atoms in total. The van der Waals surface area contributed by atoms with Crippen LogP contribution in [-0.4, -0.2) is 5.91 Å². The zero-order valence-electron chi connectivity index (χ0n) is 12.0. The van der Waals surface area contributed by atoms with Gasteiger partial charge in [0.25, 0.3) is 0 Å². The van der Waals surface area contributed by atoms with Gasteiger partial charge in [-0.25, -0.2) is 0 Å². The zero-order chi connectivity index (χ0) is 15.5. The van der Waals surface area contributed by atoms with E-state index < -0.39 is 11.3 Å². The van der Waals surface area contributed by atoms with Gasteiger partial charge >= 0.3 is 0 Å². The van der Waals surface area contributed by atoms with Crippen molar-refractivity contribution in [3.8, 4) is 6.07 Å². The molecule has 0 saturated carbocycles. The fourth-order valence-corrected chi connectivity index (χ4v) is 2.11. The summed E-state index contributed by atoms with van der Waals surface area (Å²) < 4.78 is 0. The van der Waals surface area contributed by atoms with Crippen molar-refractivity contribution in [1.82, 2.24) is 5.32 Å². The van der Waals surface area contributed by atoms with Crippen molar-refractivity contribution in [2.45, 2.75) is 33.7 Å². The smallest absolute Gasteiger partial charge is 0.238 e. The summed E-state index contributed by atoms with van der Waals surface area (Å²) in [7, 11) is 0. The highest BCUT2D eigenvalue weighted by molar-refractivity contribution is 6.42. The van der Waals surface area contributed by atoms with E-state index in [4.69, 9.17) is 28.5 Å². The second-order valence-electron chi connectivity index (χ2n) is 5.83. The number of hydrogen-bond donors (Lipinski definition) is 1. The van der Waals surface area contributed by atoms with E-state index in [1.165, 1.54) is 0 Å². The summed E-state index contributed by atoms with van der Waals surface area (Å²) in [5.41, 5.74) is 0.439. The average molecular weight is 313 g/mol. The number of nitriles is 1. The lowest BCUT2D eigenvalue weighted by atomic mass is 9.81. The lowest BCUT2D eigenvalue weighted by Gasteiger charge is -2.25. The van der Waals surface area contributed by atoms with Gasteiger partial charge in [0.1, 0.15) is 5.92 Å². The molecule has 1 aromatic carbocycles. The van der Waals surface area contributed by atoms with Crippen molar-refractivity contribution < 1.29 is 4.79 Å². The minimum atomic E-state index is -0.701. The van der Waals surface area contributed by atoms with Gasteiger partial charge in [0.2, 0.25) is 5.91 Å². The van der Waals surface area contributed by atoms with Gasteiger partial charge in [-0.2, -0.15) is 5.26 Å². The van der Waals surface area contributed by atoms with Gasteiger partial charge in [-0.1, -0.05) is 50.0 Å². The first-order chi connectivity index (χ1) is 9.16. The van der Waals surface area contributed by atoms with E-state index in [2.05, 4.69) is 11.4 Å². The number of amides is 1. The van der Waals surface area contributed by atoms with Gasteiger partial charge in [-0.3, -0.25) is 4.79 Å². The molecule has 0 saturated heterocycles. The molecule has 1 aromatic rings. The van der Waals surface area contributed by atoms with Crippen LogP contribution >= 0.6 is 23.2 Å². The van der Waals surface area contributed by atoms with Gasteiger partial charge in [0.05, 0.1) is 22.2 Å². The Labute approximate surface area is 129 Å². The molecule has 1 rings (SSSR count). The highest BCUT2D eigenvalue weighted by Gasteiger charge is 2.32. The van der Waals surface area contributed by atoms with Crippen LogP contribution in [0.5, 0.6) is 0 Å². The predicted octanol–water partition coefficient (Wildman–Crippen LogP) is 4.36. The Hall–Kier alpha value is -1.24. The molecule has 2 unspecified atom stereocenters. The Morgan fingerprint density at radius 3 is 2.35 bits per heavy atom. The Kier molecular flexibility index (Phi) is 5.44. The van der Waals surface area contributed by atoms with Gasteiger partial charge in [-0.15, -0.1) is 0 Å². The van der Waals surface area contributed by atoms with Gasteiger partial charge in [0, 0.05) is 0 Å². The minimum absolute atomic E-state index is 0.240. The van der Waals surface area contributed by atoms with Crippen molar-refractivity contribution in [3.05, 3.63) is 33.8 Å². The normalized spacial score (nSPS) is 14.2. The fraction of sp³-hybridized carbons (Fsp3) is 0.467. The molecule has 0 aliphatic heterocycles. The topological polar surface area (TPSA) is 52.9 Å². The molecule has 2 atom stereocenters. The van der Waals surface area contributed by atoms with Crippen molar-refractivity contribution in [2.24, 2.45) is 11.3 Å². The SMILES string of the molecule is CC(NC(=O)C(C#N)C(C)(C)C)c1ccc(Cl)c(Cl)c1. The summed E-state index contributed by atoms with van der Waals surface area (Å²) in [5, 5.41) is 12.9. The molecule has 1 amide bonds. The summed E-state index contributed by atoms with van der Waals surface area (Å²) in [4.78, 5) is 12.2. The summed E-state index contributed by atoms with van der Waals surface area (Å²) in [6, 6.07) is 7.03. The highest BCUT2D eigenvalue weighted by atomic mass is 35.5. The summed E-state index contributed by atoms with van der Waals surface area (Å²) in [6.07, 6.45) is 0. The molecular weight excluding hydrogens is 295 g/mol. The van der Waals surface area contributed by atoms with Gasteiger partial charge < -0.3 is 5.32 Å². The third-order valence-electron chi connectivity index (χ3n) is 3.06. The van der Waals surface area contributed by atoms with Crippen LogP contribution in [0, 0.1) is 22.7 Å². The number of rotatable bonds is 3. The van der Waals surface area contributed by atoms with E-state index in [1.807, 2.05) is 27.7 Å². The zero-order valence-corrected chi connectivity index (χ0v) is 13.5. The maximum Gasteiger partial charge on any atom is 0.238 e. The van der Waals surface area contributed by atoms with Crippen LogP contribution in [0.2, 0.25) is 10.0 Å². The highest BCUT2D eigenvalue weighted by Crippen LogP contribution is 2.28. The molecule has 0 heterocycles. The molecule has 0 aliphatic carbocycles. The molecule has 0 aromatic heterocycles. The van der Waals surface area contributed by atoms with E-state index in [1.54, 1.807) is 18.2 Å². The molecule has 20 heavy (non-hydrogen) atoms. The van der Waals surface area contributed by atoms with Crippen LogP contribution in [0.4, 0.5) is 0 Å². The van der Waals surface area contributed by atoms with E-state index in [-0.39, 0.29) is 11.9 Å². The Morgan fingerprint density at radius 2 is 1.90 bits per heavy atom. The maximum absolute atomic E-state index is 12.2. The number of carbonyl (C=O) groups excluding carboxylic acids is 1. The lowest BCUT2D eigenvalue weighted by molar-refractivity contribution is -0.126. The van der Waals surface area contributed by atoms with Crippen molar-refractivity contribution in [3.63, 3.8) is 0 Å². The standard InChI is InChI=1S/C15H18Cl2N2O/c1-9(10-5-6-12(16)13(17)7-10)19-14(20)11(8-18)15(2,3)4/h5-7,9,11H,1-4H3,(H,19,20). The Balaban J connectivity index is 2.85. The first-order valence-electron chi connectivity index (χ1n) is 6.31. The van der Waals surface area contributed by atoms with E-state index >= 15 is 0 Å². The molecule has 0 spiro atoms. The molecule has 5 heteroatoms. The average Bonchev–Trinajstić information content (AvgIpc) is 2.31. The molecule has 108 valence electrons. The summed E-state index contributed by atoms with van der Waals surface area (Å²) >= 11 is 11.8. The van der Waals surface area contributed by atoms with E-state index in [9.17, 15) is 4.79 Å².